The molecule has 0 radical (unpaired) electrons. The number of piperidine rings is 1. The highest BCUT2D eigenvalue weighted by molar-refractivity contribution is 5.77. The van der Waals surface area contributed by atoms with Crippen LogP contribution >= 0.6 is 0 Å². The second-order valence-corrected chi connectivity index (χ2v) is 9.39. The van der Waals surface area contributed by atoms with E-state index in [0.717, 1.165) is 48.3 Å². The number of aromatic nitrogens is 3. The van der Waals surface area contributed by atoms with E-state index in [2.05, 4.69) is 15.0 Å². The van der Waals surface area contributed by atoms with Crippen molar-refractivity contribution in [2.45, 2.75) is 77.7 Å². The van der Waals surface area contributed by atoms with Gasteiger partial charge in [-0.1, -0.05) is 24.4 Å². The van der Waals surface area contributed by atoms with Gasteiger partial charge in [0.25, 0.3) is 0 Å². The van der Waals surface area contributed by atoms with Gasteiger partial charge >= 0.3 is 0 Å². The van der Waals surface area contributed by atoms with Crippen LogP contribution in [0.4, 0.5) is 5.95 Å². The van der Waals surface area contributed by atoms with Gasteiger partial charge in [0.2, 0.25) is 11.9 Å². The number of nitrogens with zero attached hydrogens (tertiary/aromatic N) is 5. The summed E-state index contributed by atoms with van der Waals surface area (Å²) in [5.41, 5.74) is 3.60. The van der Waals surface area contributed by atoms with Gasteiger partial charge < -0.3 is 14.3 Å². The number of carbonyl (C=O) groups excluding carboxylic acids is 1. The Balaban J connectivity index is 1.69. The van der Waals surface area contributed by atoms with Crippen LogP contribution in [0.2, 0.25) is 0 Å². The van der Waals surface area contributed by atoms with Crippen molar-refractivity contribution in [3.05, 3.63) is 23.1 Å². The summed E-state index contributed by atoms with van der Waals surface area (Å²) >= 11 is 0. The fourth-order valence-corrected chi connectivity index (χ4v) is 4.97. The SMILES string of the molecule is Cc1noc(-c2cnc(N(C)C)nc2C2CCCCN2C(=O)CC2CCCCC2)c1C. The summed E-state index contributed by atoms with van der Waals surface area (Å²) in [5, 5.41) is 4.15. The largest absolute Gasteiger partial charge is 0.356 e. The zero-order valence-electron chi connectivity index (χ0n) is 19.4. The van der Waals surface area contributed by atoms with Gasteiger partial charge in [-0.2, -0.15) is 0 Å². The topological polar surface area (TPSA) is 75.4 Å². The fourth-order valence-electron chi connectivity index (χ4n) is 4.97. The second kappa shape index (κ2) is 9.37. The average Bonchev–Trinajstić information content (AvgIpc) is 3.12. The van der Waals surface area contributed by atoms with Crippen molar-refractivity contribution in [1.29, 1.82) is 0 Å². The zero-order valence-corrected chi connectivity index (χ0v) is 19.4. The molecule has 2 aliphatic rings. The van der Waals surface area contributed by atoms with E-state index in [1.807, 2.05) is 39.0 Å². The predicted octanol–water partition coefficient (Wildman–Crippen LogP) is 4.84. The Bertz CT molecular complexity index is 917. The van der Waals surface area contributed by atoms with E-state index in [0.29, 0.717) is 24.0 Å². The lowest BCUT2D eigenvalue weighted by Gasteiger charge is -2.37. The molecular formula is C24H35N5O2. The van der Waals surface area contributed by atoms with Gasteiger partial charge in [0, 0.05) is 38.8 Å². The van der Waals surface area contributed by atoms with Crippen LogP contribution in [-0.2, 0) is 4.79 Å². The minimum absolute atomic E-state index is 0.0497. The third kappa shape index (κ3) is 4.60. The molecule has 3 heterocycles. The van der Waals surface area contributed by atoms with Crippen LogP contribution in [0.15, 0.2) is 10.7 Å². The van der Waals surface area contributed by atoms with E-state index in [1.54, 1.807) is 0 Å². The van der Waals surface area contributed by atoms with E-state index in [-0.39, 0.29) is 11.9 Å². The molecule has 31 heavy (non-hydrogen) atoms. The van der Waals surface area contributed by atoms with Gasteiger partial charge in [-0.05, 0) is 51.9 Å². The summed E-state index contributed by atoms with van der Waals surface area (Å²) in [6.07, 6.45) is 11.8. The van der Waals surface area contributed by atoms with Gasteiger partial charge in [0.05, 0.1) is 23.0 Å². The average molecular weight is 426 g/mol. The van der Waals surface area contributed by atoms with Crippen LogP contribution in [0.1, 0.15) is 80.8 Å². The van der Waals surface area contributed by atoms with Crippen LogP contribution in [0.5, 0.6) is 0 Å². The molecule has 7 heteroatoms. The Morgan fingerprint density at radius 3 is 2.55 bits per heavy atom. The summed E-state index contributed by atoms with van der Waals surface area (Å²) in [6.45, 7) is 4.75. The van der Waals surface area contributed by atoms with Gasteiger partial charge in [-0.15, -0.1) is 0 Å². The molecule has 1 saturated heterocycles. The summed E-state index contributed by atoms with van der Waals surface area (Å²) in [7, 11) is 3.88. The summed E-state index contributed by atoms with van der Waals surface area (Å²) < 4.78 is 5.68. The van der Waals surface area contributed by atoms with Crippen LogP contribution in [0.25, 0.3) is 11.3 Å². The van der Waals surface area contributed by atoms with E-state index in [1.165, 1.54) is 32.1 Å². The smallest absolute Gasteiger partial charge is 0.225 e. The standard InChI is InChI=1S/C24H35N5O2/c1-16-17(2)27-31-23(16)19-15-25-24(28(3)4)26-22(19)20-12-8-9-13-29(20)21(30)14-18-10-6-5-7-11-18/h15,18,20H,5-14H2,1-4H3. The summed E-state index contributed by atoms with van der Waals surface area (Å²) in [4.78, 5) is 26.9. The minimum Gasteiger partial charge on any atom is -0.356 e. The molecule has 0 spiro atoms. The third-order valence-corrected chi connectivity index (χ3v) is 6.93. The lowest BCUT2D eigenvalue weighted by Crippen LogP contribution is -2.40. The molecule has 7 nitrogen and oxygen atoms in total. The van der Waals surface area contributed by atoms with Crippen molar-refractivity contribution < 1.29 is 9.32 Å². The Hall–Kier alpha value is -2.44. The first kappa shape index (κ1) is 21.8. The van der Waals surface area contributed by atoms with E-state index in [4.69, 9.17) is 9.51 Å². The third-order valence-electron chi connectivity index (χ3n) is 6.93. The molecule has 2 aromatic rings. The van der Waals surface area contributed by atoms with Crippen LogP contribution < -0.4 is 4.90 Å². The highest BCUT2D eigenvalue weighted by atomic mass is 16.5. The van der Waals surface area contributed by atoms with Crippen LogP contribution in [0.3, 0.4) is 0 Å². The molecule has 1 amide bonds. The van der Waals surface area contributed by atoms with Gasteiger partial charge in [-0.25, -0.2) is 9.97 Å². The zero-order chi connectivity index (χ0) is 22.0. The van der Waals surface area contributed by atoms with Crippen molar-refractivity contribution in [3.8, 4) is 11.3 Å². The van der Waals surface area contributed by atoms with Crippen LogP contribution in [-0.4, -0.2) is 46.6 Å². The predicted molar refractivity (Wildman–Crippen MR) is 121 cm³/mol. The molecular weight excluding hydrogens is 390 g/mol. The number of amides is 1. The van der Waals surface area contributed by atoms with E-state index in [9.17, 15) is 4.79 Å². The first-order valence-electron chi connectivity index (χ1n) is 11.7. The normalized spacial score (nSPS) is 20.1. The summed E-state index contributed by atoms with van der Waals surface area (Å²) in [5.74, 6) is 2.17. The number of anilines is 1. The first-order chi connectivity index (χ1) is 15.0. The fraction of sp³-hybridized carbons (Fsp3) is 0.667. The van der Waals surface area contributed by atoms with Crippen LogP contribution in [0, 0.1) is 19.8 Å². The molecule has 1 aliphatic heterocycles. The lowest BCUT2D eigenvalue weighted by atomic mass is 9.86. The highest BCUT2D eigenvalue weighted by Gasteiger charge is 2.33. The number of hydrogen-bond acceptors (Lipinski definition) is 6. The molecule has 1 atom stereocenters. The van der Waals surface area contributed by atoms with Crippen molar-refractivity contribution in [2.75, 3.05) is 25.5 Å². The molecule has 1 aliphatic carbocycles. The van der Waals surface area contributed by atoms with Gasteiger partial charge in [0.15, 0.2) is 5.76 Å². The number of rotatable bonds is 5. The van der Waals surface area contributed by atoms with E-state index < -0.39 is 0 Å². The van der Waals surface area contributed by atoms with Gasteiger partial charge in [-0.3, -0.25) is 4.79 Å². The molecule has 168 valence electrons. The Labute approximate surface area is 185 Å². The molecule has 2 aromatic heterocycles. The van der Waals surface area contributed by atoms with E-state index >= 15 is 0 Å². The van der Waals surface area contributed by atoms with Crippen molar-refractivity contribution in [3.63, 3.8) is 0 Å². The monoisotopic (exact) mass is 425 g/mol. The number of likely N-dealkylation sites (tertiary alicyclic amines) is 1. The Morgan fingerprint density at radius 1 is 1.13 bits per heavy atom. The molecule has 1 unspecified atom stereocenters. The molecule has 4 rings (SSSR count). The Morgan fingerprint density at radius 2 is 1.87 bits per heavy atom. The maximum Gasteiger partial charge on any atom is 0.225 e. The number of hydrogen-bond donors (Lipinski definition) is 0. The Kier molecular flexibility index (Phi) is 6.58. The highest BCUT2D eigenvalue weighted by Crippen LogP contribution is 2.39. The maximum atomic E-state index is 13.4. The van der Waals surface area contributed by atoms with Crippen molar-refractivity contribution >= 4 is 11.9 Å². The molecule has 0 bridgehead atoms. The second-order valence-electron chi connectivity index (χ2n) is 9.39. The molecule has 1 saturated carbocycles. The first-order valence-corrected chi connectivity index (χ1v) is 11.7. The lowest BCUT2D eigenvalue weighted by molar-refractivity contribution is -0.136. The molecule has 0 N–H and O–H groups in total. The number of carbonyl (C=O) groups is 1. The van der Waals surface area contributed by atoms with Gasteiger partial charge in [0.1, 0.15) is 0 Å². The summed E-state index contributed by atoms with van der Waals surface area (Å²) in [6, 6.07) is -0.0497. The molecule has 0 aromatic carbocycles. The molecule has 2 fully saturated rings. The van der Waals surface area contributed by atoms with Crippen molar-refractivity contribution in [1.82, 2.24) is 20.0 Å². The quantitative estimate of drug-likeness (QED) is 0.682. The maximum absolute atomic E-state index is 13.4. The number of aryl methyl sites for hydroxylation is 1. The van der Waals surface area contributed by atoms with Crippen molar-refractivity contribution in [2.24, 2.45) is 5.92 Å². The minimum atomic E-state index is -0.0497.